The Morgan fingerprint density at radius 2 is 0.727 bits per heavy atom. The summed E-state index contributed by atoms with van der Waals surface area (Å²) in [5, 5.41) is 2.42. The summed E-state index contributed by atoms with van der Waals surface area (Å²) in [4.78, 5) is 15.3. The lowest BCUT2D eigenvalue weighted by Gasteiger charge is -2.17. The summed E-state index contributed by atoms with van der Waals surface area (Å²) < 4.78 is 2.40. The topological polar surface area (TPSA) is 43.6 Å². The van der Waals surface area contributed by atoms with Crippen molar-refractivity contribution in [1.82, 2.24) is 19.5 Å². The van der Waals surface area contributed by atoms with Gasteiger partial charge in [0.25, 0.3) is 0 Å². The molecule has 0 aliphatic heterocycles. The van der Waals surface area contributed by atoms with E-state index in [1.54, 1.807) is 0 Å². The Morgan fingerprint density at radius 1 is 0.291 bits per heavy atom. The Bertz CT molecular complexity index is 2900. The van der Waals surface area contributed by atoms with Crippen molar-refractivity contribution >= 4 is 21.8 Å². The molecule has 0 N–H and O–H groups in total. The molecule has 258 valence electrons. The second-order valence-electron chi connectivity index (χ2n) is 13.6. The van der Waals surface area contributed by atoms with E-state index in [0.717, 1.165) is 50.1 Å². The number of hydrogen-bond acceptors (Lipinski definition) is 3. The summed E-state index contributed by atoms with van der Waals surface area (Å²) in [5.41, 5.74) is 13.0. The molecule has 0 saturated heterocycles. The molecule has 0 amide bonds. The third kappa shape index (κ3) is 5.87. The van der Waals surface area contributed by atoms with E-state index in [0.29, 0.717) is 17.5 Å². The SMILES string of the molecule is c1ccc(-c2cc(-c3ccccc3-c3ccccc3-c3nc(-c4ccccc4)nc(-c4ccccc4)n3)c3c4ccccc4n(-c4ccccc4)c3c2)cc1. The van der Waals surface area contributed by atoms with E-state index in [-0.39, 0.29) is 0 Å². The minimum atomic E-state index is 0.627. The van der Waals surface area contributed by atoms with E-state index >= 15 is 0 Å². The smallest absolute Gasteiger partial charge is 0.164 e. The molecular weight excluding hydrogens is 669 g/mol. The lowest BCUT2D eigenvalue weighted by atomic mass is 9.88. The Hall–Kier alpha value is -7.43. The monoisotopic (exact) mass is 702 g/mol. The molecule has 0 fully saturated rings. The molecule has 4 heteroatoms. The third-order valence-corrected chi connectivity index (χ3v) is 10.3. The quantitative estimate of drug-likeness (QED) is 0.166. The molecule has 2 heterocycles. The number of aromatic nitrogens is 4. The predicted molar refractivity (Wildman–Crippen MR) is 227 cm³/mol. The average Bonchev–Trinajstić information content (AvgIpc) is 3.61. The Morgan fingerprint density at radius 3 is 1.33 bits per heavy atom. The van der Waals surface area contributed by atoms with Crippen molar-refractivity contribution in [2.75, 3.05) is 0 Å². The average molecular weight is 703 g/mol. The van der Waals surface area contributed by atoms with E-state index in [1.165, 1.54) is 27.4 Å². The summed E-state index contributed by atoms with van der Waals surface area (Å²) >= 11 is 0. The fourth-order valence-corrected chi connectivity index (χ4v) is 7.76. The number of fused-ring (bicyclic) bond motifs is 3. The molecule has 0 atom stereocenters. The molecule has 0 saturated carbocycles. The fraction of sp³-hybridized carbons (Fsp3) is 0. The van der Waals surface area contributed by atoms with Gasteiger partial charge in [-0.05, 0) is 63.7 Å². The Labute approximate surface area is 319 Å². The molecule has 10 rings (SSSR count). The minimum absolute atomic E-state index is 0.627. The van der Waals surface area contributed by atoms with Crippen LogP contribution in [0.15, 0.2) is 206 Å². The summed E-state index contributed by atoms with van der Waals surface area (Å²) in [6.45, 7) is 0. The van der Waals surface area contributed by atoms with Gasteiger partial charge in [0.1, 0.15) is 0 Å². The van der Waals surface area contributed by atoms with Crippen molar-refractivity contribution in [3.05, 3.63) is 206 Å². The first-order valence-electron chi connectivity index (χ1n) is 18.5. The van der Waals surface area contributed by atoms with Gasteiger partial charge in [0.2, 0.25) is 0 Å². The second kappa shape index (κ2) is 13.8. The van der Waals surface area contributed by atoms with Gasteiger partial charge in [0, 0.05) is 33.2 Å². The van der Waals surface area contributed by atoms with Crippen molar-refractivity contribution in [3.8, 4) is 73.2 Å². The largest absolute Gasteiger partial charge is 0.309 e. The standard InChI is InChI=1S/C51H34N4/c1-5-19-35(20-6-1)38-33-45(48-44-31-17-18-32-46(44)55(47(48)34-38)39-25-11-4-12-26-39)42-29-14-13-27-40(42)41-28-15-16-30-43(41)51-53-49(36-21-7-2-8-22-36)52-50(54-51)37-23-9-3-10-24-37/h1-34H. The third-order valence-electron chi connectivity index (χ3n) is 10.3. The van der Waals surface area contributed by atoms with Crippen molar-refractivity contribution in [1.29, 1.82) is 0 Å². The fourth-order valence-electron chi connectivity index (χ4n) is 7.76. The zero-order chi connectivity index (χ0) is 36.6. The van der Waals surface area contributed by atoms with Gasteiger partial charge in [-0.15, -0.1) is 0 Å². The van der Waals surface area contributed by atoms with Crippen molar-refractivity contribution in [3.63, 3.8) is 0 Å². The minimum Gasteiger partial charge on any atom is -0.309 e. The van der Waals surface area contributed by atoms with Crippen molar-refractivity contribution in [2.45, 2.75) is 0 Å². The van der Waals surface area contributed by atoms with E-state index in [9.17, 15) is 0 Å². The van der Waals surface area contributed by atoms with Crippen LogP contribution in [0.4, 0.5) is 0 Å². The van der Waals surface area contributed by atoms with Crippen LogP contribution >= 0.6 is 0 Å². The Balaban J connectivity index is 1.25. The highest BCUT2D eigenvalue weighted by Crippen LogP contribution is 2.45. The maximum atomic E-state index is 5.14. The molecule has 0 spiro atoms. The van der Waals surface area contributed by atoms with Gasteiger partial charge >= 0.3 is 0 Å². The number of para-hydroxylation sites is 2. The first-order chi connectivity index (χ1) is 27.3. The zero-order valence-electron chi connectivity index (χ0n) is 29.9. The molecule has 8 aromatic carbocycles. The van der Waals surface area contributed by atoms with Gasteiger partial charge in [0.05, 0.1) is 11.0 Å². The van der Waals surface area contributed by atoms with Gasteiger partial charge in [0.15, 0.2) is 17.5 Å². The molecule has 0 unspecified atom stereocenters. The lowest BCUT2D eigenvalue weighted by molar-refractivity contribution is 1.07. The molecule has 0 aliphatic rings. The highest BCUT2D eigenvalue weighted by atomic mass is 15.0. The first kappa shape index (κ1) is 32.2. The first-order valence-corrected chi connectivity index (χ1v) is 18.5. The van der Waals surface area contributed by atoms with Crippen molar-refractivity contribution < 1.29 is 0 Å². The van der Waals surface area contributed by atoms with E-state index in [2.05, 4.69) is 150 Å². The van der Waals surface area contributed by atoms with Crippen LogP contribution < -0.4 is 0 Å². The van der Waals surface area contributed by atoms with Crippen LogP contribution in [0.2, 0.25) is 0 Å². The van der Waals surface area contributed by atoms with Gasteiger partial charge in [-0.3, -0.25) is 0 Å². The molecule has 55 heavy (non-hydrogen) atoms. The lowest BCUT2D eigenvalue weighted by Crippen LogP contribution is -2.01. The molecular formula is C51H34N4. The number of hydrogen-bond donors (Lipinski definition) is 0. The van der Waals surface area contributed by atoms with Gasteiger partial charge < -0.3 is 4.57 Å². The maximum Gasteiger partial charge on any atom is 0.164 e. The maximum absolute atomic E-state index is 5.14. The van der Waals surface area contributed by atoms with Gasteiger partial charge in [-0.2, -0.15) is 0 Å². The molecule has 0 radical (unpaired) electrons. The van der Waals surface area contributed by atoms with Crippen LogP contribution in [0, 0.1) is 0 Å². The summed E-state index contributed by atoms with van der Waals surface area (Å²) in [7, 11) is 0. The van der Waals surface area contributed by atoms with Crippen LogP contribution in [0.5, 0.6) is 0 Å². The van der Waals surface area contributed by atoms with Gasteiger partial charge in [-0.25, -0.2) is 15.0 Å². The molecule has 2 aromatic heterocycles. The highest BCUT2D eigenvalue weighted by molar-refractivity contribution is 6.18. The van der Waals surface area contributed by atoms with Crippen LogP contribution in [0.25, 0.3) is 95.0 Å². The molecule has 10 aromatic rings. The molecule has 0 aliphatic carbocycles. The zero-order valence-corrected chi connectivity index (χ0v) is 29.9. The summed E-state index contributed by atoms with van der Waals surface area (Å²) in [6, 6.07) is 72.3. The van der Waals surface area contributed by atoms with E-state index in [4.69, 9.17) is 15.0 Å². The number of rotatable bonds is 7. The second-order valence-corrected chi connectivity index (χ2v) is 13.6. The summed E-state index contributed by atoms with van der Waals surface area (Å²) in [6.07, 6.45) is 0. The highest BCUT2D eigenvalue weighted by Gasteiger charge is 2.22. The molecule has 0 bridgehead atoms. The summed E-state index contributed by atoms with van der Waals surface area (Å²) in [5.74, 6) is 1.90. The van der Waals surface area contributed by atoms with E-state index < -0.39 is 0 Å². The van der Waals surface area contributed by atoms with Crippen LogP contribution in [-0.4, -0.2) is 19.5 Å². The van der Waals surface area contributed by atoms with Crippen LogP contribution in [0.3, 0.4) is 0 Å². The Kier molecular flexibility index (Phi) is 8.12. The number of nitrogens with zero attached hydrogens (tertiary/aromatic N) is 4. The predicted octanol–water partition coefficient (Wildman–Crippen LogP) is 13.0. The van der Waals surface area contributed by atoms with E-state index in [1.807, 2.05) is 60.7 Å². The number of benzene rings is 8. The van der Waals surface area contributed by atoms with Crippen LogP contribution in [-0.2, 0) is 0 Å². The van der Waals surface area contributed by atoms with Crippen LogP contribution in [0.1, 0.15) is 0 Å². The normalized spacial score (nSPS) is 11.3. The van der Waals surface area contributed by atoms with Gasteiger partial charge in [-0.1, -0.05) is 176 Å². The molecule has 4 nitrogen and oxygen atoms in total. The van der Waals surface area contributed by atoms with Crippen molar-refractivity contribution in [2.24, 2.45) is 0 Å².